The lowest BCUT2D eigenvalue weighted by atomic mass is 10.2. The third kappa shape index (κ3) is 5.82. The van der Waals surface area contributed by atoms with Gasteiger partial charge in [-0.05, 0) is 24.3 Å². The van der Waals surface area contributed by atoms with Crippen molar-refractivity contribution in [1.82, 2.24) is 19.9 Å². The molecule has 1 aliphatic heterocycles. The van der Waals surface area contributed by atoms with Crippen molar-refractivity contribution in [1.29, 1.82) is 0 Å². The van der Waals surface area contributed by atoms with E-state index in [9.17, 15) is 9.59 Å². The normalized spacial score (nSPS) is 14.1. The number of nitrogens with zero attached hydrogens (tertiary/aromatic N) is 4. The molecule has 33 heavy (non-hydrogen) atoms. The lowest BCUT2D eigenvalue weighted by Gasteiger charge is -2.26. The average Bonchev–Trinajstić information content (AvgIpc) is 3.28. The lowest BCUT2D eigenvalue weighted by Crippen LogP contribution is -2.37. The van der Waals surface area contributed by atoms with Gasteiger partial charge in [0.2, 0.25) is 5.89 Å². The number of aromatic nitrogens is 2. The quantitative estimate of drug-likeness (QED) is 0.507. The Morgan fingerprint density at radius 2 is 1.85 bits per heavy atom. The van der Waals surface area contributed by atoms with Crippen molar-refractivity contribution < 1.29 is 23.6 Å². The van der Waals surface area contributed by atoms with E-state index in [0.29, 0.717) is 37.1 Å². The molecule has 0 spiro atoms. The van der Waals surface area contributed by atoms with Gasteiger partial charge in [0.05, 0.1) is 25.5 Å². The van der Waals surface area contributed by atoms with Crippen LogP contribution in [0, 0.1) is 0 Å². The van der Waals surface area contributed by atoms with E-state index in [0.717, 1.165) is 23.7 Å². The van der Waals surface area contributed by atoms with Crippen LogP contribution in [0.4, 0.5) is 0 Å². The minimum absolute atomic E-state index is 0.00403. The van der Waals surface area contributed by atoms with E-state index in [-0.39, 0.29) is 18.7 Å². The highest BCUT2D eigenvalue weighted by molar-refractivity contribution is 5.93. The number of carbonyl (C=O) groups excluding carboxylic acids is 2. The maximum Gasteiger partial charge on any atom is 0.332 e. The molecule has 0 saturated carbocycles. The van der Waals surface area contributed by atoms with Crippen molar-refractivity contribution >= 4 is 11.9 Å². The molecule has 1 aliphatic rings. The van der Waals surface area contributed by atoms with Gasteiger partial charge < -0.3 is 14.0 Å². The predicted octanol–water partition coefficient (Wildman–Crippen LogP) is 3.08. The number of hydroxylamine groups is 2. The molecule has 0 unspecified atom stereocenters. The van der Waals surface area contributed by atoms with Gasteiger partial charge in [-0.25, -0.2) is 9.78 Å². The molecule has 0 N–H and O–H groups in total. The van der Waals surface area contributed by atoms with Gasteiger partial charge in [-0.3, -0.25) is 14.7 Å². The smallest absolute Gasteiger partial charge is 0.332 e. The first-order chi connectivity index (χ1) is 16.1. The van der Waals surface area contributed by atoms with Crippen LogP contribution in [0.3, 0.4) is 0 Å². The average molecular weight is 450 g/mol. The summed E-state index contributed by atoms with van der Waals surface area (Å²) in [5, 5.41) is 1.00. The second-order valence-electron chi connectivity index (χ2n) is 7.53. The SMILES string of the molecule is CCC(=O)ON(Cc1ccccn1)C(=O)c1nc(-c2ccccc2)oc1CN1CCOCC1. The largest absolute Gasteiger partial charge is 0.439 e. The summed E-state index contributed by atoms with van der Waals surface area (Å²) in [6.45, 7) is 4.72. The summed E-state index contributed by atoms with van der Waals surface area (Å²) in [4.78, 5) is 41.9. The zero-order chi connectivity index (χ0) is 23.0. The van der Waals surface area contributed by atoms with E-state index in [1.165, 1.54) is 0 Å². The molecule has 4 rings (SSSR count). The Morgan fingerprint density at radius 3 is 2.55 bits per heavy atom. The van der Waals surface area contributed by atoms with Gasteiger partial charge in [0.25, 0.3) is 0 Å². The fraction of sp³-hybridized carbons (Fsp3) is 0.333. The monoisotopic (exact) mass is 450 g/mol. The maximum atomic E-state index is 13.6. The highest BCUT2D eigenvalue weighted by Gasteiger charge is 2.29. The Morgan fingerprint density at radius 1 is 1.09 bits per heavy atom. The number of hydrogen-bond donors (Lipinski definition) is 0. The summed E-state index contributed by atoms with van der Waals surface area (Å²) in [5.74, 6) is -0.335. The maximum absolute atomic E-state index is 13.6. The molecule has 0 aliphatic carbocycles. The first-order valence-electron chi connectivity index (χ1n) is 10.9. The zero-order valence-electron chi connectivity index (χ0n) is 18.5. The van der Waals surface area contributed by atoms with Crippen molar-refractivity contribution in [2.75, 3.05) is 26.3 Å². The molecular weight excluding hydrogens is 424 g/mol. The van der Waals surface area contributed by atoms with Gasteiger partial charge in [0.1, 0.15) is 6.54 Å². The molecule has 0 bridgehead atoms. The second kappa shape index (κ2) is 10.8. The van der Waals surface area contributed by atoms with Crippen LogP contribution in [0.2, 0.25) is 0 Å². The summed E-state index contributed by atoms with van der Waals surface area (Å²) in [7, 11) is 0. The molecule has 3 aromatic rings. The molecule has 0 radical (unpaired) electrons. The topological polar surface area (TPSA) is 98.0 Å². The number of morpholine rings is 1. The van der Waals surface area contributed by atoms with Gasteiger partial charge in [0.15, 0.2) is 11.5 Å². The number of oxazole rings is 1. The van der Waals surface area contributed by atoms with Crippen LogP contribution in [0.1, 0.15) is 35.3 Å². The molecule has 1 fully saturated rings. The molecule has 1 saturated heterocycles. The molecule has 1 aromatic carbocycles. The number of amides is 1. The Bertz CT molecular complexity index is 1060. The Kier molecular flexibility index (Phi) is 7.43. The van der Waals surface area contributed by atoms with Gasteiger partial charge in [-0.2, -0.15) is 5.06 Å². The van der Waals surface area contributed by atoms with Crippen molar-refractivity contribution in [2.45, 2.75) is 26.4 Å². The first-order valence-corrected chi connectivity index (χ1v) is 10.9. The number of ether oxygens (including phenoxy) is 1. The van der Waals surface area contributed by atoms with Crippen molar-refractivity contribution in [2.24, 2.45) is 0 Å². The van der Waals surface area contributed by atoms with Gasteiger partial charge >= 0.3 is 11.9 Å². The van der Waals surface area contributed by atoms with E-state index in [1.807, 2.05) is 30.3 Å². The molecular formula is C24H26N4O5. The number of benzene rings is 1. The highest BCUT2D eigenvalue weighted by Crippen LogP contribution is 2.25. The fourth-order valence-corrected chi connectivity index (χ4v) is 3.38. The van der Waals surface area contributed by atoms with E-state index in [4.69, 9.17) is 14.0 Å². The number of carbonyl (C=O) groups is 2. The van der Waals surface area contributed by atoms with E-state index < -0.39 is 11.9 Å². The minimum Gasteiger partial charge on any atom is -0.439 e. The van der Waals surface area contributed by atoms with Crippen molar-refractivity contribution in [3.05, 3.63) is 71.9 Å². The molecule has 9 nitrogen and oxygen atoms in total. The van der Waals surface area contributed by atoms with Crippen molar-refractivity contribution in [3.63, 3.8) is 0 Å². The zero-order valence-corrected chi connectivity index (χ0v) is 18.5. The number of pyridine rings is 1. The van der Waals surface area contributed by atoms with Gasteiger partial charge in [-0.1, -0.05) is 31.2 Å². The van der Waals surface area contributed by atoms with Crippen molar-refractivity contribution in [3.8, 4) is 11.5 Å². The molecule has 0 atom stereocenters. The Labute approximate surface area is 191 Å². The third-order valence-corrected chi connectivity index (χ3v) is 5.15. The number of rotatable bonds is 7. The predicted molar refractivity (Wildman–Crippen MR) is 119 cm³/mol. The highest BCUT2D eigenvalue weighted by atomic mass is 16.7. The molecule has 2 aromatic heterocycles. The summed E-state index contributed by atoms with van der Waals surface area (Å²) in [6, 6.07) is 14.7. The van der Waals surface area contributed by atoms with E-state index >= 15 is 0 Å². The first kappa shape index (κ1) is 22.6. The van der Waals surface area contributed by atoms with Gasteiger partial charge in [0, 0.05) is 31.3 Å². The lowest BCUT2D eigenvalue weighted by molar-refractivity contribution is -0.179. The van der Waals surface area contributed by atoms with Crippen LogP contribution in [-0.2, 0) is 27.5 Å². The Balaban J connectivity index is 1.67. The van der Waals surface area contributed by atoms with Crippen LogP contribution >= 0.6 is 0 Å². The van der Waals surface area contributed by atoms with Crippen LogP contribution in [0.15, 0.2) is 59.1 Å². The number of hydrogen-bond acceptors (Lipinski definition) is 8. The second-order valence-corrected chi connectivity index (χ2v) is 7.53. The fourth-order valence-electron chi connectivity index (χ4n) is 3.38. The molecule has 1 amide bonds. The summed E-state index contributed by atoms with van der Waals surface area (Å²) >= 11 is 0. The summed E-state index contributed by atoms with van der Waals surface area (Å²) in [6.07, 6.45) is 1.74. The van der Waals surface area contributed by atoms with Crippen LogP contribution < -0.4 is 0 Å². The van der Waals surface area contributed by atoms with E-state index in [2.05, 4.69) is 14.9 Å². The van der Waals surface area contributed by atoms with Crippen LogP contribution in [0.5, 0.6) is 0 Å². The minimum atomic E-state index is -0.559. The van der Waals surface area contributed by atoms with Crippen LogP contribution in [0.25, 0.3) is 11.5 Å². The standard InChI is InChI=1S/C24H26N4O5/c1-2-21(29)33-28(16-19-10-6-7-11-25-19)24(30)22-20(17-27-12-14-31-15-13-27)32-23(26-22)18-8-4-3-5-9-18/h3-11H,2,12-17H2,1H3. The molecule has 9 heteroatoms. The van der Waals surface area contributed by atoms with Crippen LogP contribution in [-0.4, -0.2) is 58.1 Å². The van der Waals surface area contributed by atoms with Gasteiger partial charge in [-0.15, -0.1) is 0 Å². The Hall–Kier alpha value is -3.56. The molecule has 3 heterocycles. The summed E-state index contributed by atoms with van der Waals surface area (Å²) in [5.41, 5.74) is 1.44. The third-order valence-electron chi connectivity index (χ3n) is 5.15. The molecule has 172 valence electrons. The van der Waals surface area contributed by atoms with E-state index in [1.54, 1.807) is 31.3 Å². The summed E-state index contributed by atoms with van der Waals surface area (Å²) < 4.78 is 11.5.